The van der Waals surface area contributed by atoms with Gasteiger partial charge < -0.3 is 14.2 Å². The first-order chi connectivity index (χ1) is 18.5. The molecule has 0 spiro atoms. The van der Waals surface area contributed by atoms with E-state index in [-0.39, 0.29) is 22.3 Å². The van der Waals surface area contributed by atoms with Gasteiger partial charge in [-0.15, -0.1) is 0 Å². The van der Waals surface area contributed by atoms with Crippen molar-refractivity contribution in [2.45, 2.75) is 6.23 Å². The standard InChI is InChI=1S/C28H18N6O4/c35-25-21-13-23-24(28(38)34(27(23)37)20-7-3-18(4-8-20)32-12-10-30-16-32)14-22(21)26(36)33(25)19-5-1-17(2-6-19)31-11-9-29-15-31/h1-16,25,35H. The summed E-state index contributed by atoms with van der Waals surface area (Å²) in [5.41, 5.74) is 3.32. The van der Waals surface area contributed by atoms with E-state index in [1.54, 1.807) is 78.4 Å². The molecule has 2 aliphatic rings. The molecular weight excluding hydrogens is 484 g/mol. The van der Waals surface area contributed by atoms with Gasteiger partial charge in [0.05, 0.1) is 29.5 Å². The van der Waals surface area contributed by atoms with Gasteiger partial charge >= 0.3 is 0 Å². The number of anilines is 2. The van der Waals surface area contributed by atoms with Crippen LogP contribution in [0.15, 0.2) is 98.1 Å². The molecule has 1 unspecified atom stereocenters. The van der Waals surface area contributed by atoms with Crippen LogP contribution in [0.4, 0.5) is 11.4 Å². The van der Waals surface area contributed by atoms with Gasteiger partial charge in [-0.2, -0.15) is 0 Å². The summed E-state index contributed by atoms with van der Waals surface area (Å²) < 4.78 is 3.63. The van der Waals surface area contributed by atoms with Crippen molar-refractivity contribution in [3.63, 3.8) is 0 Å². The van der Waals surface area contributed by atoms with Gasteiger partial charge in [0.15, 0.2) is 6.23 Å². The predicted molar refractivity (Wildman–Crippen MR) is 136 cm³/mol. The van der Waals surface area contributed by atoms with E-state index in [2.05, 4.69) is 9.97 Å². The van der Waals surface area contributed by atoms with Crippen LogP contribution >= 0.6 is 0 Å². The quantitative estimate of drug-likeness (QED) is 0.376. The van der Waals surface area contributed by atoms with Crippen molar-refractivity contribution in [3.8, 4) is 11.4 Å². The molecule has 10 nitrogen and oxygen atoms in total. The first-order valence-corrected chi connectivity index (χ1v) is 11.8. The van der Waals surface area contributed by atoms with Crippen LogP contribution in [0.1, 0.15) is 42.9 Å². The Bertz CT molecular complexity index is 1730. The Kier molecular flexibility index (Phi) is 4.66. The van der Waals surface area contributed by atoms with Crippen LogP contribution in [-0.4, -0.2) is 41.9 Å². The van der Waals surface area contributed by atoms with E-state index in [1.165, 1.54) is 17.0 Å². The molecule has 7 rings (SSSR count). The maximum Gasteiger partial charge on any atom is 0.266 e. The van der Waals surface area contributed by atoms with E-state index in [1.807, 2.05) is 16.7 Å². The Hall–Kier alpha value is -5.35. The maximum absolute atomic E-state index is 13.3. The number of fused-ring (bicyclic) bond motifs is 2. The molecule has 0 fully saturated rings. The Labute approximate surface area is 215 Å². The van der Waals surface area contributed by atoms with E-state index < -0.39 is 23.9 Å². The van der Waals surface area contributed by atoms with Crippen LogP contribution in [-0.2, 0) is 0 Å². The number of hydrogen-bond donors (Lipinski definition) is 1. The number of benzene rings is 3. The van der Waals surface area contributed by atoms with Crippen molar-refractivity contribution in [1.29, 1.82) is 0 Å². The lowest BCUT2D eigenvalue weighted by Crippen LogP contribution is -2.29. The molecule has 2 aromatic heterocycles. The van der Waals surface area contributed by atoms with E-state index in [0.29, 0.717) is 11.4 Å². The number of rotatable bonds is 4. The molecule has 0 saturated heterocycles. The van der Waals surface area contributed by atoms with Gasteiger partial charge in [-0.05, 0) is 60.7 Å². The molecule has 10 heteroatoms. The zero-order valence-corrected chi connectivity index (χ0v) is 19.7. The third kappa shape index (κ3) is 3.14. The monoisotopic (exact) mass is 502 g/mol. The molecule has 3 amide bonds. The molecule has 1 N–H and O–H groups in total. The fraction of sp³-hybridized carbons (Fsp3) is 0.0357. The van der Waals surface area contributed by atoms with Crippen molar-refractivity contribution < 1.29 is 19.5 Å². The van der Waals surface area contributed by atoms with Crippen LogP contribution in [0.25, 0.3) is 11.4 Å². The number of hydrogen-bond acceptors (Lipinski definition) is 6. The van der Waals surface area contributed by atoms with Gasteiger partial charge in [0.25, 0.3) is 17.7 Å². The Morgan fingerprint density at radius 2 is 1.11 bits per heavy atom. The first-order valence-electron chi connectivity index (χ1n) is 11.8. The number of aliphatic hydroxyl groups excluding tert-OH is 1. The van der Waals surface area contributed by atoms with E-state index >= 15 is 0 Å². The van der Waals surface area contributed by atoms with Crippen molar-refractivity contribution in [3.05, 3.63) is 120 Å². The van der Waals surface area contributed by atoms with Crippen LogP contribution < -0.4 is 9.80 Å². The zero-order chi connectivity index (χ0) is 26.0. The highest BCUT2D eigenvalue weighted by Crippen LogP contribution is 2.40. The van der Waals surface area contributed by atoms with E-state index in [4.69, 9.17) is 0 Å². The second-order valence-corrected chi connectivity index (χ2v) is 8.95. The molecule has 3 aromatic carbocycles. The van der Waals surface area contributed by atoms with Crippen molar-refractivity contribution in [2.24, 2.45) is 0 Å². The minimum atomic E-state index is -1.30. The third-order valence-corrected chi connectivity index (χ3v) is 6.87. The Balaban J connectivity index is 1.19. The van der Waals surface area contributed by atoms with E-state index in [0.717, 1.165) is 16.3 Å². The average Bonchev–Trinajstić information content (AvgIpc) is 3.74. The molecule has 38 heavy (non-hydrogen) atoms. The normalized spacial score (nSPS) is 16.3. The number of aromatic nitrogens is 4. The fourth-order valence-corrected chi connectivity index (χ4v) is 4.96. The minimum absolute atomic E-state index is 0.130. The summed E-state index contributed by atoms with van der Waals surface area (Å²) in [4.78, 5) is 50.3. The lowest BCUT2D eigenvalue weighted by Gasteiger charge is -2.21. The summed E-state index contributed by atoms with van der Waals surface area (Å²) in [5.74, 6) is -1.48. The topological polar surface area (TPSA) is 114 Å². The van der Waals surface area contributed by atoms with Gasteiger partial charge in [-0.25, -0.2) is 14.9 Å². The largest absolute Gasteiger partial charge is 0.369 e. The Morgan fingerprint density at radius 3 is 1.63 bits per heavy atom. The van der Waals surface area contributed by atoms with Gasteiger partial charge in [-0.1, -0.05) is 0 Å². The van der Waals surface area contributed by atoms with Crippen molar-refractivity contribution >= 4 is 29.1 Å². The van der Waals surface area contributed by atoms with E-state index in [9.17, 15) is 19.5 Å². The van der Waals surface area contributed by atoms with Crippen molar-refractivity contribution in [1.82, 2.24) is 19.1 Å². The molecule has 5 aromatic rings. The lowest BCUT2D eigenvalue weighted by molar-refractivity contribution is 0.0922. The number of nitrogens with zero attached hydrogens (tertiary/aromatic N) is 6. The molecule has 0 radical (unpaired) electrons. The summed E-state index contributed by atoms with van der Waals surface area (Å²) in [6, 6.07) is 16.9. The van der Waals surface area contributed by atoms with Crippen LogP contribution in [0.2, 0.25) is 0 Å². The van der Waals surface area contributed by atoms with Gasteiger partial charge in [0.1, 0.15) is 0 Å². The van der Waals surface area contributed by atoms with Crippen LogP contribution in [0.5, 0.6) is 0 Å². The lowest BCUT2D eigenvalue weighted by atomic mass is 10.0. The second kappa shape index (κ2) is 8.08. The molecular formula is C28H18N6O4. The number of imide groups is 1. The predicted octanol–water partition coefficient (Wildman–Crippen LogP) is 3.51. The van der Waals surface area contributed by atoms with Crippen molar-refractivity contribution in [2.75, 3.05) is 9.80 Å². The minimum Gasteiger partial charge on any atom is -0.369 e. The Morgan fingerprint density at radius 1 is 0.605 bits per heavy atom. The average molecular weight is 502 g/mol. The summed E-state index contributed by atoms with van der Waals surface area (Å²) in [5, 5.41) is 11.1. The summed E-state index contributed by atoms with van der Waals surface area (Å²) in [7, 11) is 0. The van der Waals surface area contributed by atoms with Gasteiger partial charge in [-0.3, -0.25) is 19.3 Å². The molecule has 184 valence electrons. The number of carbonyl (C=O) groups is 3. The van der Waals surface area contributed by atoms with Gasteiger partial charge in [0.2, 0.25) is 0 Å². The fourth-order valence-electron chi connectivity index (χ4n) is 4.96. The van der Waals surface area contributed by atoms with Gasteiger partial charge in [0, 0.05) is 53.0 Å². The molecule has 0 saturated carbocycles. The first kappa shape index (κ1) is 21.9. The SMILES string of the molecule is O=C1c2cc3c(cc2C(=O)N1c1ccc(-n2ccnc2)cc1)C(O)N(c1ccc(-n2ccnc2)cc1)C3=O. The highest BCUT2D eigenvalue weighted by atomic mass is 16.3. The molecule has 1 atom stereocenters. The molecule has 2 aliphatic heterocycles. The molecule has 0 aliphatic carbocycles. The second-order valence-electron chi connectivity index (χ2n) is 8.95. The number of carbonyl (C=O) groups excluding carboxylic acids is 3. The maximum atomic E-state index is 13.3. The number of aliphatic hydroxyl groups is 1. The van der Waals surface area contributed by atoms with Crippen LogP contribution in [0.3, 0.4) is 0 Å². The summed E-state index contributed by atoms with van der Waals surface area (Å²) >= 11 is 0. The summed E-state index contributed by atoms with van der Waals surface area (Å²) in [6.45, 7) is 0. The smallest absolute Gasteiger partial charge is 0.266 e. The highest BCUT2D eigenvalue weighted by molar-refractivity contribution is 6.35. The molecule has 0 bridgehead atoms. The number of imidazole rings is 2. The summed E-state index contributed by atoms with van der Waals surface area (Å²) in [6.07, 6.45) is 8.92. The zero-order valence-electron chi connectivity index (χ0n) is 19.7. The molecule has 4 heterocycles. The highest BCUT2D eigenvalue weighted by Gasteiger charge is 2.43. The van der Waals surface area contributed by atoms with Crippen LogP contribution in [0, 0.1) is 0 Å². The number of amides is 3. The third-order valence-electron chi connectivity index (χ3n) is 6.87.